The number of ether oxygens (including phenoxy) is 2. The molecule has 2 N–H and O–H groups in total. The second-order valence-electron chi connectivity index (χ2n) is 8.39. The van der Waals surface area contributed by atoms with Gasteiger partial charge in [-0.2, -0.15) is 0 Å². The fourth-order valence-corrected chi connectivity index (χ4v) is 4.09. The average molecular weight is 525 g/mol. The van der Waals surface area contributed by atoms with Gasteiger partial charge in [0.25, 0.3) is 0 Å². The molecule has 3 aromatic carbocycles. The molecule has 0 radical (unpaired) electrons. The maximum Gasteiger partial charge on any atom is 0.338 e. The number of benzene rings is 3. The van der Waals surface area contributed by atoms with Gasteiger partial charge in [-0.1, -0.05) is 53.1 Å². The molecule has 0 spiro atoms. The highest BCUT2D eigenvalue weighted by atomic mass is 32.2. The third kappa shape index (κ3) is 10.1. The van der Waals surface area contributed by atoms with Crippen molar-refractivity contribution in [1.82, 2.24) is 0 Å². The molecule has 1 aliphatic rings. The zero-order chi connectivity index (χ0) is 27.4. The summed E-state index contributed by atoms with van der Waals surface area (Å²) in [4.78, 5) is 32.9. The number of aliphatic hydroxyl groups excluding tert-OH is 1. The highest BCUT2D eigenvalue weighted by Crippen LogP contribution is 2.27. The predicted octanol–water partition coefficient (Wildman–Crippen LogP) is 5.45. The van der Waals surface area contributed by atoms with E-state index in [9.17, 15) is 19.5 Å². The molecule has 2 unspecified atom stereocenters. The van der Waals surface area contributed by atoms with E-state index in [0.29, 0.717) is 16.7 Å². The number of aryl methyl sites for hydroxylation is 3. The molecule has 8 heteroatoms. The Kier molecular flexibility index (Phi) is 11.9. The van der Waals surface area contributed by atoms with Crippen molar-refractivity contribution < 1.29 is 34.1 Å². The molecule has 0 aliphatic carbocycles. The van der Waals surface area contributed by atoms with Crippen LogP contribution in [0.3, 0.4) is 0 Å². The van der Waals surface area contributed by atoms with E-state index < -0.39 is 11.4 Å². The van der Waals surface area contributed by atoms with Gasteiger partial charge in [0, 0.05) is 0 Å². The summed E-state index contributed by atoms with van der Waals surface area (Å²) in [5.41, 5.74) is 4.21. The van der Waals surface area contributed by atoms with Crippen LogP contribution in [0.15, 0.2) is 72.8 Å². The highest BCUT2D eigenvalue weighted by Gasteiger charge is 2.29. The number of methoxy groups -OCH3 is 1. The van der Waals surface area contributed by atoms with E-state index in [2.05, 4.69) is 4.74 Å². The number of aromatic carboxylic acids is 1. The molecule has 4 rings (SSSR count). The minimum Gasteiger partial charge on any atom is -0.478 e. The Morgan fingerprint density at radius 1 is 0.730 bits per heavy atom. The zero-order valence-electron chi connectivity index (χ0n) is 21.3. The van der Waals surface area contributed by atoms with Crippen molar-refractivity contribution >= 4 is 29.7 Å². The molecule has 0 aromatic heterocycles. The number of esters is 2. The standard InChI is InChI=1S/C12H14O3S.C9H10O2.C8H8O2/c1-8-2-4-9(5-3-8)11(13)15-10-6-7-16-12(10)14;1-7-3-5-8(6-4-7)9(10)11-2;1-6-2-4-7(5-3-6)8(9)10/h2-5,10,12,14H,6-7H2,1H3;3-6H,1-2H3;2-5H,1H3,(H,9,10). The van der Waals surface area contributed by atoms with Crippen LogP contribution >= 0.6 is 11.8 Å². The molecule has 196 valence electrons. The van der Waals surface area contributed by atoms with Gasteiger partial charge >= 0.3 is 17.9 Å². The molecule has 1 aliphatic heterocycles. The molecule has 1 saturated heterocycles. The quantitative estimate of drug-likeness (QED) is 0.434. The smallest absolute Gasteiger partial charge is 0.338 e. The number of carboxylic acid groups (broad SMARTS) is 1. The third-order valence-electron chi connectivity index (χ3n) is 5.33. The van der Waals surface area contributed by atoms with E-state index in [1.807, 2.05) is 45.0 Å². The van der Waals surface area contributed by atoms with E-state index in [1.165, 1.54) is 18.9 Å². The summed E-state index contributed by atoms with van der Waals surface area (Å²) in [7, 11) is 1.38. The predicted molar refractivity (Wildman–Crippen MR) is 144 cm³/mol. The van der Waals surface area contributed by atoms with Crippen molar-refractivity contribution in [3.05, 3.63) is 106 Å². The number of hydrogen-bond acceptors (Lipinski definition) is 7. The van der Waals surface area contributed by atoms with Gasteiger partial charge in [-0.05, 0) is 69.3 Å². The van der Waals surface area contributed by atoms with E-state index >= 15 is 0 Å². The minimum absolute atomic E-state index is 0.287. The molecule has 1 heterocycles. The lowest BCUT2D eigenvalue weighted by atomic mass is 10.1. The van der Waals surface area contributed by atoms with Crippen LogP contribution in [-0.4, -0.2) is 52.5 Å². The molecule has 1 fully saturated rings. The normalized spacial score (nSPS) is 15.8. The molecular weight excluding hydrogens is 492 g/mol. The van der Waals surface area contributed by atoms with Gasteiger partial charge in [-0.15, -0.1) is 11.8 Å². The van der Waals surface area contributed by atoms with Crippen LogP contribution in [0.4, 0.5) is 0 Å². The summed E-state index contributed by atoms with van der Waals surface area (Å²) < 4.78 is 9.78. The summed E-state index contributed by atoms with van der Waals surface area (Å²) in [6.45, 7) is 5.86. The maximum atomic E-state index is 11.7. The van der Waals surface area contributed by atoms with Crippen LogP contribution in [0.2, 0.25) is 0 Å². The SMILES string of the molecule is COC(=O)c1ccc(C)cc1.Cc1ccc(C(=O)O)cc1.Cc1ccc(C(=O)OC2CCSC2O)cc1. The highest BCUT2D eigenvalue weighted by molar-refractivity contribution is 8.00. The molecule has 0 bridgehead atoms. The van der Waals surface area contributed by atoms with Crippen LogP contribution in [-0.2, 0) is 9.47 Å². The van der Waals surface area contributed by atoms with E-state index in [0.717, 1.165) is 28.9 Å². The van der Waals surface area contributed by atoms with Crippen LogP contribution in [0.5, 0.6) is 0 Å². The lowest BCUT2D eigenvalue weighted by Gasteiger charge is -2.14. The maximum absolute atomic E-state index is 11.7. The van der Waals surface area contributed by atoms with Crippen LogP contribution < -0.4 is 0 Å². The molecule has 3 aromatic rings. The molecule has 37 heavy (non-hydrogen) atoms. The number of hydrogen-bond donors (Lipinski definition) is 2. The van der Waals surface area contributed by atoms with Crippen molar-refractivity contribution in [2.24, 2.45) is 0 Å². The molecule has 2 atom stereocenters. The molecule has 0 saturated carbocycles. The number of carbonyl (C=O) groups excluding carboxylic acids is 2. The summed E-state index contributed by atoms with van der Waals surface area (Å²) in [6.07, 6.45) is 0.363. The van der Waals surface area contributed by atoms with Gasteiger partial charge in [-0.25, -0.2) is 14.4 Å². The first-order valence-electron chi connectivity index (χ1n) is 11.6. The van der Waals surface area contributed by atoms with Crippen LogP contribution in [0, 0.1) is 20.8 Å². The van der Waals surface area contributed by atoms with Crippen molar-refractivity contribution in [3.8, 4) is 0 Å². The number of carbonyl (C=O) groups is 3. The Bertz CT molecular complexity index is 1160. The Morgan fingerprint density at radius 3 is 1.49 bits per heavy atom. The van der Waals surface area contributed by atoms with Gasteiger partial charge < -0.3 is 19.7 Å². The third-order valence-corrected chi connectivity index (χ3v) is 6.44. The second-order valence-corrected chi connectivity index (χ2v) is 9.61. The zero-order valence-corrected chi connectivity index (χ0v) is 22.2. The largest absolute Gasteiger partial charge is 0.478 e. The monoisotopic (exact) mass is 524 g/mol. The first-order valence-corrected chi connectivity index (χ1v) is 12.7. The van der Waals surface area contributed by atoms with Gasteiger partial charge in [-0.3, -0.25) is 0 Å². The lowest BCUT2D eigenvalue weighted by Crippen LogP contribution is -2.24. The number of thioether (sulfide) groups is 1. The second kappa shape index (κ2) is 14.8. The summed E-state index contributed by atoms with van der Waals surface area (Å²) >= 11 is 1.42. The Morgan fingerprint density at radius 2 is 1.14 bits per heavy atom. The first kappa shape index (κ1) is 29.6. The van der Waals surface area contributed by atoms with Crippen molar-refractivity contribution in [1.29, 1.82) is 0 Å². The average Bonchev–Trinajstić information content (AvgIpc) is 3.29. The number of rotatable bonds is 4. The van der Waals surface area contributed by atoms with Crippen LogP contribution in [0.25, 0.3) is 0 Å². The molecule has 7 nitrogen and oxygen atoms in total. The summed E-state index contributed by atoms with van der Waals surface area (Å²) in [5, 5.41) is 18.0. The Labute approximate surface area is 221 Å². The van der Waals surface area contributed by atoms with Gasteiger partial charge in [0.2, 0.25) is 0 Å². The number of carboxylic acids is 1. The fourth-order valence-electron chi connectivity index (χ4n) is 3.07. The minimum atomic E-state index is -0.875. The van der Waals surface area contributed by atoms with Gasteiger partial charge in [0.1, 0.15) is 11.5 Å². The fraction of sp³-hybridized carbons (Fsp3) is 0.276. The Hall–Kier alpha value is -3.62. The summed E-state index contributed by atoms with van der Waals surface area (Å²) in [6, 6.07) is 21.2. The van der Waals surface area contributed by atoms with Gasteiger partial charge in [0.15, 0.2) is 0 Å². The van der Waals surface area contributed by atoms with E-state index in [1.54, 1.807) is 48.5 Å². The Balaban J connectivity index is 0.000000203. The first-order chi connectivity index (χ1) is 17.6. The van der Waals surface area contributed by atoms with Crippen molar-refractivity contribution in [3.63, 3.8) is 0 Å². The molecule has 0 amide bonds. The van der Waals surface area contributed by atoms with E-state index in [-0.39, 0.29) is 18.0 Å². The molecular formula is C29H32O7S. The lowest BCUT2D eigenvalue weighted by molar-refractivity contribution is 0.00915. The van der Waals surface area contributed by atoms with Gasteiger partial charge in [0.05, 0.1) is 23.8 Å². The summed E-state index contributed by atoms with van der Waals surface area (Å²) in [5.74, 6) is -0.677. The van der Waals surface area contributed by atoms with E-state index in [4.69, 9.17) is 9.84 Å². The van der Waals surface area contributed by atoms with Crippen molar-refractivity contribution in [2.75, 3.05) is 12.9 Å². The van der Waals surface area contributed by atoms with Crippen molar-refractivity contribution in [2.45, 2.75) is 38.7 Å². The topological polar surface area (TPSA) is 110 Å². The van der Waals surface area contributed by atoms with Crippen LogP contribution in [0.1, 0.15) is 54.2 Å². The number of aliphatic hydroxyl groups is 1.